The molecule has 1 aliphatic rings. The Hall–Kier alpha value is -1.84. The average Bonchev–Trinajstić information content (AvgIpc) is 3.03. The predicted molar refractivity (Wildman–Crippen MR) is 62.1 cm³/mol. The largest absolute Gasteiger partial charge is 0.470 e. The highest BCUT2D eigenvalue weighted by Crippen LogP contribution is 2.33. The molecule has 1 aliphatic carbocycles. The molecule has 0 N–H and O–H groups in total. The minimum atomic E-state index is -0.435. The highest BCUT2D eigenvalue weighted by atomic mass is 19.1. The zero-order valence-corrected chi connectivity index (χ0v) is 9.34. The second kappa shape index (κ2) is 4.20. The van der Waals surface area contributed by atoms with E-state index in [0.717, 1.165) is 17.8 Å². The number of rotatable bonds is 4. The summed E-state index contributed by atoms with van der Waals surface area (Å²) >= 11 is 0. The fourth-order valence-corrected chi connectivity index (χ4v) is 1.93. The van der Waals surface area contributed by atoms with Crippen LogP contribution in [0, 0.1) is 5.95 Å². The Labute approximate surface area is 98.9 Å². The van der Waals surface area contributed by atoms with Gasteiger partial charge < -0.3 is 9.32 Å². The van der Waals surface area contributed by atoms with Crippen molar-refractivity contribution in [3.8, 4) is 0 Å². The van der Waals surface area contributed by atoms with E-state index in [-0.39, 0.29) is 0 Å². The van der Waals surface area contributed by atoms with Crippen LogP contribution in [0.4, 0.5) is 10.1 Å². The zero-order valence-electron chi connectivity index (χ0n) is 9.34. The quantitative estimate of drug-likeness (QED) is 0.759. The summed E-state index contributed by atoms with van der Waals surface area (Å²) in [6.45, 7) is 0.747. The van der Waals surface area contributed by atoms with Gasteiger partial charge in [0, 0.05) is 18.8 Å². The average molecular weight is 232 g/mol. The fraction of sp³-hybridized carbons (Fsp3) is 0.308. The van der Waals surface area contributed by atoms with E-state index in [0.29, 0.717) is 6.04 Å². The lowest BCUT2D eigenvalue weighted by Crippen LogP contribution is -2.24. The highest BCUT2D eigenvalue weighted by molar-refractivity contribution is 5.46. The van der Waals surface area contributed by atoms with Crippen LogP contribution in [0.1, 0.15) is 18.4 Å². The highest BCUT2D eigenvalue weighted by Gasteiger charge is 2.29. The summed E-state index contributed by atoms with van der Waals surface area (Å²) in [7, 11) is 0. The monoisotopic (exact) mass is 232 g/mol. The van der Waals surface area contributed by atoms with E-state index in [1.807, 2.05) is 6.07 Å². The summed E-state index contributed by atoms with van der Waals surface area (Å²) in [6.07, 6.45) is 7.42. The summed E-state index contributed by atoms with van der Waals surface area (Å²) in [4.78, 5) is 5.95. The number of furan rings is 1. The van der Waals surface area contributed by atoms with Crippen LogP contribution in [0.15, 0.2) is 41.3 Å². The Morgan fingerprint density at radius 2 is 2.24 bits per heavy atom. The van der Waals surface area contributed by atoms with Gasteiger partial charge in [0.15, 0.2) is 0 Å². The fourth-order valence-electron chi connectivity index (χ4n) is 1.93. The van der Waals surface area contributed by atoms with Crippen LogP contribution in [0.3, 0.4) is 0 Å². The second-order valence-electron chi connectivity index (χ2n) is 4.33. The van der Waals surface area contributed by atoms with Gasteiger partial charge in [-0.2, -0.15) is 4.39 Å². The van der Waals surface area contributed by atoms with Gasteiger partial charge in [0.1, 0.15) is 6.26 Å². The van der Waals surface area contributed by atoms with Crippen molar-refractivity contribution in [3.05, 3.63) is 48.4 Å². The molecule has 2 aromatic rings. The molecule has 2 heterocycles. The number of hydrogen-bond donors (Lipinski definition) is 0. The van der Waals surface area contributed by atoms with E-state index in [9.17, 15) is 4.39 Å². The van der Waals surface area contributed by atoms with Gasteiger partial charge in [0.2, 0.25) is 5.95 Å². The van der Waals surface area contributed by atoms with Crippen molar-refractivity contribution < 1.29 is 8.81 Å². The molecule has 1 saturated carbocycles. The number of hydrogen-bond acceptors (Lipinski definition) is 3. The maximum atomic E-state index is 12.7. The normalized spacial score (nSPS) is 14.9. The standard InChI is InChI=1S/C13H13FN2O/c14-13-4-1-10(7-15-13)8-16(11-2-3-11)12-5-6-17-9-12/h1,4-7,9,11H,2-3,8H2. The van der Waals surface area contributed by atoms with Crippen LogP contribution in [-0.4, -0.2) is 11.0 Å². The maximum Gasteiger partial charge on any atom is 0.212 e. The van der Waals surface area contributed by atoms with Crippen LogP contribution < -0.4 is 4.90 Å². The van der Waals surface area contributed by atoms with Gasteiger partial charge in [0.05, 0.1) is 12.0 Å². The molecular formula is C13H13FN2O. The van der Waals surface area contributed by atoms with E-state index >= 15 is 0 Å². The topological polar surface area (TPSA) is 29.3 Å². The molecule has 3 nitrogen and oxygen atoms in total. The molecule has 0 bridgehead atoms. The molecule has 4 heteroatoms. The molecule has 0 atom stereocenters. The molecule has 0 unspecified atom stereocenters. The summed E-state index contributed by atoms with van der Waals surface area (Å²) in [5.41, 5.74) is 2.09. The first-order valence-corrected chi connectivity index (χ1v) is 5.72. The minimum absolute atomic E-state index is 0.435. The predicted octanol–water partition coefficient (Wildman–Crippen LogP) is 2.98. The van der Waals surface area contributed by atoms with Crippen molar-refractivity contribution >= 4 is 5.69 Å². The smallest absolute Gasteiger partial charge is 0.212 e. The molecule has 0 saturated heterocycles. The minimum Gasteiger partial charge on any atom is -0.470 e. The molecule has 0 aliphatic heterocycles. The van der Waals surface area contributed by atoms with E-state index in [4.69, 9.17) is 4.42 Å². The van der Waals surface area contributed by atoms with Crippen molar-refractivity contribution in [2.75, 3.05) is 4.90 Å². The van der Waals surface area contributed by atoms with Gasteiger partial charge in [-0.25, -0.2) is 4.98 Å². The zero-order chi connectivity index (χ0) is 11.7. The van der Waals surface area contributed by atoms with Crippen molar-refractivity contribution in [2.45, 2.75) is 25.4 Å². The lowest BCUT2D eigenvalue weighted by molar-refractivity contribution is 0.565. The molecule has 88 valence electrons. The van der Waals surface area contributed by atoms with E-state index in [1.165, 1.54) is 18.9 Å². The first kappa shape index (κ1) is 10.3. The second-order valence-corrected chi connectivity index (χ2v) is 4.33. The van der Waals surface area contributed by atoms with E-state index in [2.05, 4.69) is 9.88 Å². The number of nitrogens with zero attached hydrogens (tertiary/aromatic N) is 2. The first-order valence-electron chi connectivity index (χ1n) is 5.72. The van der Waals surface area contributed by atoms with Gasteiger partial charge in [-0.3, -0.25) is 0 Å². The Morgan fingerprint density at radius 1 is 1.35 bits per heavy atom. The summed E-state index contributed by atoms with van der Waals surface area (Å²) < 4.78 is 17.8. The van der Waals surface area contributed by atoms with Gasteiger partial charge in [-0.05, 0) is 30.5 Å². The van der Waals surface area contributed by atoms with Crippen LogP contribution in [0.25, 0.3) is 0 Å². The van der Waals surface area contributed by atoms with Crippen molar-refractivity contribution in [1.29, 1.82) is 0 Å². The lowest BCUT2D eigenvalue weighted by atomic mass is 10.2. The maximum absolute atomic E-state index is 12.7. The van der Waals surface area contributed by atoms with Gasteiger partial charge >= 0.3 is 0 Å². The third-order valence-corrected chi connectivity index (χ3v) is 2.97. The number of halogens is 1. The number of aromatic nitrogens is 1. The summed E-state index contributed by atoms with van der Waals surface area (Å²) in [5, 5.41) is 0. The molecule has 0 amide bonds. The van der Waals surface area contributed by atoms with E-state index in [1.54, 1.807) is 24.8 Å². The summed E-state index contributed by atoms with van der Waals surface area (Å²) in [6, 6.07) is 5.71. The Balaban J connectivity index is 1.79. The molecule has 0 spiro atoms. The van der Waals surface area contributed by atoms with Crippen molar-refractivity contribution in [3.63, 3.8) is 0 Å². The van der Waals surface area contributed by atoms with Crippen LogP contribution in [0.2, 0.25) is 0 Å². The number of anilines is 1. The first-order chi connectivity index (χ1) is 8.33. The molecule has 3 rings (SSSR count). The van der Waals surface area contributed by atoms with Gasteiger partial charge in [0.25, 0.3) is 0 Å². The van der Waals surface area contributed by atoms with Crippen molar-refractivity contribution in [1.82, 2.24) is 4.98 Å². The molecule has 0 aromatic carbocycles. The third-order valence-electron chi connectivity index (χ3n) is 2.97. The van der Waals surface area contributed by atoms with Crippen LogP contribution in [-0.2, 0) is 6.54 Å². The Morgan fingerprint density at radius 3 is 2.82 bits per heavy atom. The molecule has 2 aromatic heterocycles. The molecule has 1 fully saturated rings. The molecular weight excluding hydrogens is 219 g/mol. The van der Waals surface area contributed by atoms with Crippen LogP contribution in [0.5, 0.6) is 0 Å². The molecule has 17 heavy (non-hydrogen) atoms. The van der Waals surface area contributed by atoms with Gasteiger partial charge in [-0.15, -0.1) is 0 Å². The third kappa shape index (κ3) is 2.30. The summed E-state index contributed by atoms with van der Waals surface area (Å²) in [5.74, 6) is -0.435. The molecule has 0 radical (unpaired) electrons. The van der Waals surface area contributed by atoms with E-state index < -0.39 is 5.95 Å². The SMILES string of the molecule is Fc1ccc(CN(c2ccoc2)C2CC2)cn1. The van der Waals surface area contributed by atoms with Crippen molar-refractivity contribution in [2.24, 2.45) is 0 Å². The Bertz CT molecular complexity index is 477. The lowest BCUT2D eigenvalue weighted by Gasteiger charge is -2.22. The van der Waals surface area contributed by atoms with Crippen LogP contribution >= 0.6 is 0 Å². The Kier molecular flexibility index (Phi) is 2.55. The number of pyridine rings is 1. The van der Waals surface area contributed by atoms with Gasteiger partial charge in [-0.1, -0.05) is 6.07 Å².